The van der Waals surface area contributed by atoms with Crippen LogP contribution in [0.5, 0.6) is 0 Å². The fraction of sp³-hybridized carbons (Fsp3) is 0.462. The molecule has 90 valence electrons. The molecule has 0 aliphatic carbocycles. The molecule has 3 heterocycles. The number of pyridine rings is 1. The van der Waals surface area contributed by atoms with Crippen LogP contribution in [0.2, 0.25) is 0 Å². The van der Waals surface area contributed by atoms with Crippen LogP contribution in [0.4, 0.5) is 5.82 Å². The predicted octanol–water partition coefficient (Wildman–Crippen LogP) is 2.85. The summed E-state index contributed by atoms with van der Waals surface area (Å²) in [5.74, 6) is 1.05. The number of nitrogens with zero attached hydrogens (tertiary/aromatic N) is 1. The van der Waals surface area contributed by atoms with Crippen molar-refractivity contribution in [1.29, 1.82) is 0 Å². The molecule has 0 saturated carbocycles. The number of fused-ring (bicyclic) bond motifs is 1. The van der Waals surface area contributed by atoms with E-state index in [1.54, 1.807) is 11.3 Å². The van der Waals surface area contributed by atoms with Crippen LogP contribution in [0.15, 0.2) is 23.7 Å². The molecule has 1 atom stereocenters. The molecule has 0 aromatic carbocycles. The lowest BCUT2D eigenvalue weighted by Gasteiger charge is -2.17. The number of aromatic nitrogens is 1. The molecule has 1 unspecified atom stereocenters. The van der Waals surface area contributed by atoms with Gasteiger partial charge in [-0.25, -0.2) is 4.98 Å². The van der Waals surface area contributed by atoms with Crippen molar-refractivity contribution in [3.8, 4) is 0 Å². The zero-order valence-electron chi connectivity index (χ0n) is 9.78. The third-order valence-electron chi connectivity index (χ3n) is 3.30. The molecule has 17 heavy (non-hydrogen) atoms. The molecule has 0 amide bonds. The molecule has 1 aliphatic rings. The molecule has 3 nitrogen and oxygen atoms in total. The number of hydrogen-bond donors (Lipinski definition) is 2. The fourth-order valence-corrected chi connectivity index (χ4v) is 3.15. The van der Waals surface area contributed by atoms with Crippen molar-refractivity contribution >= 4 is 27.2 Å². The van der Waals surface area contributed by atoms with Gasteiger partial charge in [-0.05, 0) is 49.9 Å². The van der Waals surface area contributed by atoms with E-state index in [2.05, 4.69) is 33.1 Å². The molecule has 2 aromatic rings. The van der Waals surface area contributed by atoms with Gasteiger partial charge in [0, 0.05) is 22.3 Å². The van der Waals surface area contributed by atoms with Gasteiger partial charge in [0.25, 0.3) is 0 Å². The van der Waals surface area contributed by atoms with Crippen molar-refractivity contribution in [3.63, 3.8) is 0 Å². The first kappa shape index (κ1) is 11.0. The van der Waals surface area contributed by atoms with Crippen LogP contribution in [0.1, 0.15) is 19.3 Å². The molecule has 2 aromatic heterocycles. The molecule has 0 bridgehead atoms. The van der Waals surface area contributed by atoms with Crippen LogP contribution in [-0.4, -0.2) is 24.1 Å². The lowest BCUT2D eigenvalue weighted by Crippen LogP contribution is -2.22. The van der Waals surface area contributed by atoms with E-state index in [1.807, 2.05) is 6.20 Å². The van der Waals surface area contributed by atoms with Gasteiger partial charge in [0.05, 0.1) is 0 Å². The second kappa shape index (κ2) is 5.02. The predicted molar refractivity (Wildman–Crippen MR) is 73.8 cm³/mol. The van der Waals surface area contributed by atoms with E-state index in [-0.39, 0.29) is 0 Å². The molecule has 0 radical (unpaired) electrons. The number of rotatable bonds is 2. The highest BCUT2D eigenvalue weighted by atomic mass is 32.1. The summed E-state index contributed by atoms with van der Waals surface area (Å²) < 4.78 is 1.31. The Morgan fingerprint density at radius 3 is 3.29 bits per heavy atom. The van der Waals surface area contributed by atoms with Crippen molar-refractivity contribution in [1.82, 2.24) is 10.3 Å². The molecule has 1 fully saturated rings. The Morgan fingerprint density at radius 2 is 2.29 bits per heavy atom. The van der Waals surface area contributed by atoms with Gasteiger partial charge in [-0.2, -0.15) is 0 Å². The average molecular weight is 247 g/mol. The van der Waals surface area contributed by atoms with E-state index < -0.39 is 0 Å². The lowest BCUT2D eigenvalue weighted by atomic mass is 10.1. The van der Waals surface area contributed by atoms with Gasteiger partial charge in [-0.1, -0.05) is 0 Å². The summed E-state index contributed by atoms with van der Waals surface area (Å²) in [4.78, 5) is 4.48. The van der Waals surface area contributed by atoms with Gasteiger partial charge in [-0.15, -0.1) is 11.3 Å². The highest BCUT2D eigenvalue weighted by Crippen LogP contribution is 2.27. The zero-order valence-corrected chi connectivity index (χ0v) is 10.6. The molecule has 2 N–H and O–H groups in total. The van der Waals surface area contributed by atoms with Crippen LogP contribution < -0.4 is 10.6 Å². The third-order valence-corrected chi connectivity index (χ3v) is 4.18. The SMILES string of the molecule is c1cc2sccc2c(NC2CCCNCC2)n1. The second-order valence-electron chi connectivity index (χ2n) is 4.51. The van der Waals surface area contributed by atoms with Crippen molar-refractivity contribution < 1.29 is 0 Å². The highest BCUT2D eigenvalue weighted by molar-refractivity contribution is 7.17. The van der Waals surface area contributed by atoms with E-state index in [0.717, 1.165) is 18.9 Å². The van der Waals surface area contributed by atoms with Crippen LogP contribution >= 0.6 is 11.3 Å². The molecule has 4 heteroatoms. The van der Waals surface area contributed by atoms with Crippen LogP contribution in [0.25, 0.3) is 10.1 Å². The second-order valence-corrected chi connectivity index (χ2v) is 5.46. The molecular weight excluding hydrogens is 230 g/mol. The van der Waals surface area contributed by atoms with Gasteiger partial charge in [-0.3, -0.25) is 0 Å². The van der Waals surface area contributed by atoms with Gasteiger partial charge < -0.3 is 10.6 Å². The van der Waals surface area contributed by atoms with Crippen molar-refractivity contribution in [2.24, 2.45) is 0 Å². The minimum atomic E-state index is 0.558. The molecule has 1 aliphatic heterocycles. The first-order chi connectivity index (χ1) is 8.43. The van der Waals surface area contributed by atoms with Gasteiger partial charge in [0.1, 0.15) is 5.82 Å². The van der Waals surface area contributed by atoms with E-state index >= 15 is 0 Å². The third kappa shape index (κ3) is 2.42. The van der Waals surface area contributed by atoms with Crippen LogP contribution in [0, 0.1) is 0 Å². The Balaban J connectivity index is 1.81. The zero-order chi connectivity index (χ0) is 11.5. The summed E-state index contributed by atoms with van der Waals surface area (Å²) in [6.07, 6.45) is 5.56. The number of thiophene rings is 1. The van der Waals surface area contributed by atoms with Crippen LogP contribution in [0.3, 0.4) is 0 Å². The maximum absolute atomic E-state index is 4.48. The lowest BCUT2D eigenvalue weighted by molar-refractivity contribution is 0.636. The number of nitrogens with one attached hydrogen (secondary N) is 2. The Hall–Kier alpha value is -1.13. The average Bonchev–Trinajstić information content (AvgIpc) is 2.69. The highest BCUT2D eigenvalue weighted by Gasteiger charge is 2.13. The molecular formula is C13H17N3S. The Morgan fingerprint density at radius 1 is 1.29 bits per heavy atom. The number of hydrogen-bond acceptors (Lipinski definition) is 4. The summed E-state index contributed by atoms with van der Waals surface area (Å²) in [6.45, 7) is 2.26. The normalized spacial score (nSPS) is 21.3. The molecule has 0 spiro atoms. The smallest absolute Gasteiger partial charge is 0.134 e. The maximum atomic E-state index is 4.48. The topological polar surface area (TPSA) is 37.0 Å². The Kier molecular flexibility index (Phi) is 3.25. The number of anilines is 1. The van der Waals surface area contributed by atoms with Gasteiger partial charge in [0.15, 0.2) is 0 Å². The van der Waals surface area contributed by atoms with Crippen molar-refractivity contribution in [3.05, 3.63) is 23.7 Å². The minimum Gasteiger partial charge on any atom is -0.367 e. The van der Waals surface area contributed by atoms with E-state index in [1.165, 1.54) is 29.3 Å². The van der Waals surface area contributed by atoms with E-state index in [9.17, 15) is 0 Å². The van der Waals surface area contributed by atoms with Crippen molar-refractivity contribution in [2.75, 3.05) is 18.4 Å². The Labute approximate surface area is 105 Å². The van der Waals surface area contributed by atoms with Gasteiger partial charge >= 0.3 is 0 Å². The molecule has 1 saturated heterocycles. The first-order valence-electron chi connectivity index (χ1n) is 6.23. The standard InChI is InChI=1S/C13H17N3S/c1-2-10(3-7-14-6-1)16-13-11-5-9-17-12(11)4-8-15-13/h4-5,8-10,14H,1-3,6-7H2,(H,15,16). The summed E-state index contributed by atoms with van der Waals surface area (Å²) in [6, 6.07) is 4.80. The first-order valence-corrected chi connectivity index (χ1v) is 7.11. The molecule has 3 rings (SSSR count). The summed E-state index contributed by atoms with van der Waals surface area (Å²) in [5, 5.41) is 10.4. The Bertz CT molecular complexity index is 486. The summed E-state index contributed by atoms with van der Waals surface area (Å²) in [7, 11) is 0. The van der Waals surface area contributed by atoms with Gasteiger partial charge in [0.2, 0.25) is 0 Å². The van der Waals surface area contributed by atoms with E-state index in [4.69, 9.17) is 0 Å². The minimum absolute atomic E-state index is 0.558. The fourth-order valence-electron chi connectivity index (χ4n) is 2.37. The maximum Gasteiger partial charge on any atom is 0.134 e. The summed E-state index contributed by atoms with van der Waals surface area (Å²) >= 11 is 1.78. The monoisotopic (exact) mass is 247 g/mol. The summed E-state index contributed by atoms with van der Waals surface area (Å²) in [5.41, 5.74) is 0. The quantitative estimate of drug-likeness (QED) is 0.857. The van der Waals surface area contributed by atoms with Crippen LogP contribution in [-0.2, 0) is 0 Å². The van der Waals surface area contributed by atoms with Crippen molar-refractivity contribution in [2.45, 2.75) is 25.3 Å². The largest absolute Gasteiger partial charge is 0.367 e. The van der Waals surface area contributed by atoms with E-state index in [0.29, 0.717) is 6.04 Å².